The summed E-state index contributed by atoms with van der Waals surface area (Å²) in [6.07, 6.45) is 0. The maximum Gasteiger partial charge on any atom is 0.330 e. The van der Waals surface area contributed by atoms with Crippen LogP contribution in [0.2, 0.25) is 0 Å². The van der Waals surface area contributed by atoms with E-state index in [4.69, 9.17) is 14.5 Å². The molecule has 0 fully saturated rings. The highest BCUT2D eigenvalue weighted by atomic mass is 32.2. The van der Waals surface area contributed by atoms with Crippen molar-refractivity contribution in [3.8, 4) is 5.75 Å². The van der Waals surface area contributed by atoms with Crippen molar-refractivity contribution in [3.63, 3.8) is 0 Å². The van der Waals surface area contributed by atoms with Crippen molar-refractivity contribution in [1.29, 1.82) is 0 Å². The Kier molecular flexibility index (Phi) is 5.97. The predicted molar refractivity (Wildman–Crippen MR) is 118 cm³/mol. The van der Waals surface area contributed by atoms with Crippen molar-refractivity contribution >= 4 is 71.3 Å². The van der Waals surface area contributed by atoms with Crippen LogP contribution in [0.3, 0.4) is 0 Å². The van der Waals surface area contributed by atoms with Crippen LogP contribution in [0.4, 0.5) is 0 Å². The Bertz CT molecular complexity index is 1730. The summed E-state index contributed by atoms with van der Waals surface area (Å²) in [7, 11) is -17.8. The van der Waals surface area contributed by atoms with Crippen LogP contribution in [-0.2, 0) is 34.9 Å². The molecule has 0 atom stereocenters. The molecule has 0 aromatic heterocycles. The van der Waals surface area contributed by atoms with Crippen molar-refractivity contribution in [2.45, 2.75) is 14.7 Å². The van der Waals surface area contributed by atoms with Crippen LogP contribution in [0.25, 0.3) is 32.3 Å². The van der Waals surface area contributed by atoms with Crippen molar-refractivity contribution in [1.82, 2.24) is 0 Å². The lowest BCUT2D eigenvalue weighted by molar-refractivity contribution is 0.106. The van der Waals surface area contributed by atoms with E-state index in [9.17, 15) is 38.9 Å². The predicted octanol–water partition coefficient (Wildman–Crippen LogP) is 1.89. The molecule has 0 bridgehead atoms. The fourth-order valence-corrected chi connectivity index (χ4v) is 6.12. The molecule has 13 nitrogen and oxygen atoms in total. The Hall–Kier alpha value is -2.24. The molecule has 0 radical (unpaired) electrons. The highest BCUT2D eigenvalue weighted by Gasteiger charge is 2.28. The molecule has 4 aromatic carbocycles. The Morgan fingerprint density at radius 2 is 1.03 bits per heavy atom. The highest BCUT2D eigenvalue weighted by Crippen LogP contribution is 2.45. The number of hydrogen-bond acceptors (Lipinski definition) is 10. The Morgan fingerprint density at radius 3 is 1.44 bits per heavy atom. The fraction of sp³-hybridized carbons (Fsp3) is 0.0588. The van der Waals surface area contributed by atoms with Gasteiger partial charge in [-0.3, -0.25) is 18.2 Å². The maximum atomic E-state index is 12.1. The molecule has 0 aliphatic heterocycles. The first kappa shape index (κ1) is 24.9. The number of benzene rings is 4. The molecule has 5 N–H and O–H groups in total. The summed E-state index contributed by atoms with van der Waals surface area (Å²) in [4.78, 5) is 15.3. The first-order valence-electron chi connectivity index (χ1n) is 8.75. The van der Waals surface area contributed by atoms with Gasteiger partial charge >= 0.3 is 8.60 Å². The molecule has 34 heavy (non-hydrogen) atoms. The van der Waals surface area contributed by atoms with E-state index >= 15 is 0 Å². The highest BCUT2D eigenvalue weighted by molar-refractivity contribution is 7.87. The van der Waals surface area contributed by atoms with Crippen molar-refractivity contribution in [2.24, 2.45) is 0 Å². The smallest absolute Gasteiger partial charge is 0.330 e. The molecule has 0 saturated heterocycles. The molecule has 0 amide bonds. The minimum absolute atomic E-state index is 0.0816. The third kappa shape index (κ3) is 4.29. The monoisotopic (exact) mass is 552 g/mol. The molecule has 182 valence electrons. The normalized spacial score (nSPS) is 13.5. The second-order valence-corrected chi connectivity index (χ2v) is 11.8. The van der Waals surface area contributed by atoms with E-state index in [1.54, 1.807) is 0 Å². The van der Waals surface area contributed by atoms with Crippen molar-refractivity contribution < 1.29 is 58.0 Å². The fourth-order valence-electron chi connectivity index (χ4n) is 3.76. The molecule has 0 saturated carbocycles. The minimum atomic E-state index is -5.03. The van der Waals surface area contributed by atoms with Gasteiger partial charge in [-0.2, -0.15) is 25.3 Å². The summed E-state index contributed by atoms with van der Waals surface area (Å²) in [6, 6.07) is 6.17. The topological polar surface area (TPSA) is 222 Å². The molecule has 0 aliphatic carbocycles. The molecule has 0 unspecified atom stereocenters. The molecule has 4 aromatic rings. The Morgan fingerprint density at radius 1 is 0.647 bits per heavy atom. The van der Waals surface area contributed by atoms with Crippen LogP contribution in [0.1, 0.15) is 0 Å². The summed E-state index contributed by atoms with van der Waals surface area (Å²) in [6.45, 7) is -0.764. The van der Waals surface area contributed by atoms with Gasteiger partial charge in [0.1, 0.15) is 20.4 Å². The molecule has 0 aliphatic rings. The third-order valence-corrected chi connectivity index (χ3v) is 7.98. The van der Waals surface area contributed by atoms with Gasteiger partial charge in [-0.1, -0.05) is 18.2 Å². The SMILES string of the molecule is O=S(=O)(O)c1cc(OCOP(O)O)c2ccc3c(S(=O)(=O)O)cc(S(=O)(=O)O)c4ccc1c2c34. The number of ether oxygens (including phenoxy) is 1. The van der Waals surface area contributed by atoms with Gasteiger partial charge in [-0.25, -0.2) is 0 Å². The van der Waals surface area contributed by atoms with Gasteiger partial charge in [0.25, 0.3) is 30.4 Å². The summed E-state index contributed by atoms with van der Waals surface area (Å²) in [5.74, 6) is -0.267. The average molecular weight is 552 g/mol. The summed E-state index contributed by atoms with van der Waals surface area (Å²) < 4.78 is 111. The first-order valence-corrected chi connectivity index (χ1v) is 14.2. The van der Waals surface area contributed by atoms with E-state index in [1.165, 1.54) is 12.1 Å². The second kappa shape index (κ2) is 8.17. The van der Waals surface area contributed by atoms with Crippen LogP contribution in [0, 0.1) is 0 Å². The second-order valence-electron chi connectivity index (χ2n) is 6.89. The van der Waals surface area contributed by atoms with Crippen molar-refractivity contribution in [2.75, 3.05) is 6.79 Å². The van der Waals surface area contributed by atoms with Gasteiger partial charge < -0.3 is 14.5 Å². The maximum absolute atomic E-state index is 12.1. The first-order chi connectivity index (χ1) is 15.6. The molecular weight excluding hydrogens is 539 g/mol. The van der Waals surface area contributed by atoms with E-state index in [0.29, 0.717) is 6.07 Å². The zero-order chi connectivity index (χ0) is 25.2. The van der Waals surface area contributed by atoms with Gasteiger partial charge in [0.2, 0.25) is 0 Å². The average Bonchev–Trinajstić information content (AvgIpc) is 2.69. The van der Waals surface area contributed by atoms with E-state index < -0.39 is 60.4 Å². The molecule has 17 heteroatoms. The Balaban J connectivity index is 2.27. The lowest BCUT2D eigenvalue weighted by atomic mass is 9.93. The van der Waals surface area contributed by atoms with Crippen molar-refractivity contribution in [3.05, 3.63) is 36.4 Å². The summed E-state index contributed by atoms with van der Waals surface area (Å²) in [5.41, 5.74) is 0. The molecule has 4 rings (SSSR count). The van der Waals surface area contributed by atoms with Crippen LogP contribution in [-0.4, -0.2) is 55.5 Å². The number of rotatable bonds is 7. The quantitative estimate of drug-likeness (QED) is 0.0957. The number of hydrogen-bond donors (Lipinski definition) is 5. The van der Waals surface area contributed by atoms with E-state index in [1.807, 2.05) is 0 Å². The van der Waals surface area contributed by atoms with Gasteiger partial charge in [0.05, 0.1) is 0 Å². The van der Waals surface area contributed by atoms with E-state index in [0.717, 1.165) is 18.2 Å². The lowest BCUT2D eigenvalue weighted by Crippen LogP contribution is -2.07. The molecular formula is C17H13O13PS3. The zero-order valence-corrected chi connectivity index (χ0v) is 19.7. The van der Waals surface area contributed by atoms with Gasteiger partial charge in [-0.05, 0) is 12.1 Å². The minimum Gasteiger partial charge on any atom is -0.466 e. The van der Waals surface area contributed by atoms with Crippen LogP contribution in [0.5, 0.6) is 5.75 Å². The van der Waals surface area contributed by atoms with Crippen LogP contribution in [0.15, 0.2) is 51.1 Å². The third-order valence-electron chi connectivity index (χ3n) is 4.96. The summed E-state index contributed by atoms with van der Waals surface area (Å²) >= 11 is 0. The zero-order valence-electron chi connectivity index (χ0n) is 16.3. The standard InChI is InChI=1S/C17H13O13PS3/c18-31(19)30-7-29-12-5-13(32(20,21)22)9-3-4-11-15(34(26,27)28)6-14(33(23,24)25)10-2-1-8(12)16(9)17(10)11/h1-6,18-19H,7H2,(H,20,21,22)(H,23,24,25)(H,26,27,28). The molecule has 0 spiro atoms. The summed E-state index contributed by atoms with van der Waals surface area (Å²) in [5, 5.41) is -0.785. The van der Waals surface area contributed by atoms with Gasteiger partial charge in [0.15, 0.2) is 6.79 Å². The van der Waals surface area contributed by atoms with E-state index in [2.05, 4.69) is 4.52 Å². The van der Waals surface area contributed by atoms with Crippen LogP contribution < -0.4 is 4.74 Å². The van der Waals surface area contributed by atoms with Gasteiger partial charge in [-0.15, -0.1) is 0 Å². The van der Waals surface area contributed by atoms with Gasteiger partial charge in [0, 0.05) is 38.4 Å². The largest absolute Gasteiger partial charge is 0.466 e. The van der Waals surface area contributed by atoms with E-state index in [-0.39, 0.29) is 38.1 Å². The lowest BCUT2D eigenvalue weighted by Gasteiger charge is -2.18. The Labute approximate surface area is 192 Å². The molecule has 0 heterocycles. The van der Waals surface area contributed by atoms with Crippen LogP contribution >= 0.6 is 8.60 Å².